The summed E-state index contributed by atoms with van der Waals surface area (Å²) in [5.41, 5.74) is 8.74. The number of hydrogen-bond acceptors (Lipinski definition) is 5. The first-order chi connectivity index (χ1) is 9.02. The van der Waals surface area contributed by atoms with Crippen LogP contribution in [0.4, 0.5) is 11.4 Å². The van der Waals surface area contributed by atoms with E-state index in [4.69, 9.17) is 5.73 Å². The maximum Gasteiger partial charge on any atom is 0.269 e. The number of rotatable bonds is 3. The highest BCUT2D eigenvalue weighted by Crippen LogP contribution is 2.31. The van der Waals surface area contributed by atoms with Crippen LogP contribution >= 0.6 is 27.5 Å². The van der Waals surface area contributed by atoms with E-state index in [0.29, 0.717) is 28.4 Å². The van der Waals surface area contributed by atoms with Gasteiger partial charge in [0.15, 0.2) is 0 Å². The molecule has 7 heteroatoms. The molecule has 0 saturated carbocycles. The van der Waals surface area contributed by atoms with Crippen molar-refractivity contribution in [3.8, 4) is 0 Å². The van der Waals surface area contributed by atoms with E-state index in [-0.39, 0.29) is 5.91 Å². The molecule has 0 aliphatic carbocycles. The van der Waals surface area contributed by atoms with Crippen molar-refractivity contribution in [2.24, 2.45) is 0 Å². The van der Waals surface area contributed by atoms with Gasteiger partial charge in [-0.25, -0.2) is 0 Å². The number of carbonyl (C=O) groups excluding carboxylic acids is 1. The van der Waals surface area contributed by atoms with Gasteiger partial charge in [0, 0.05) is 4.47 Å². The standard InChI is InChI=1S/C12H13BrN4OS/c1-3-9-11(19-17-16-9)12(18)15-10-7(13)4-6(2)5-8(10)14/h4-5H,3,14H2,1-2H3,(H,15,18). The Kier molecular flexibility index (Phi) is 4.16. The normalized spacial score (nSPS) is 10.5. The molecular weight excluding hydrogens is 328 g/mol. The Morgan fingerprint density at radius 1 is 1.53 bits per heavy atom. The first kappa shape index (κ1) is 14.0. The number of amides is 1. The van der Waals surface area contributed by atoms with Gasteiger partial charge in [-0.15, -0.1) is 5.10 Å². The lowest BCUT2D eigenvalue weighted by Gasteiger charge is -2.10. The molecule has 1 aromatic carbocycles. The second-order valence-electron chi connectivity index (χ2n) is 4.07. The first-order valence-corrected chi connectivity index (χ1v) is 7.27. The quantitative estimate of drug-likeness (QED) is 0.841. The van der Waals surface area contributed by atoms with Gasteiger partial charge in [0.25, 0.3) is 5.91 Å². The number of aromatic nitrogens is 2. The molecule has 100 valence electrons. The topological polar surface area (TPSA) is 80.9 Å². The molecular formula is C12H13BrN4OS. The fourth-order valence-corrected chi connectivity index (χ4v) is 3.02. The van der Waals surface area contributed by atoms with E-state index in [2.05, 4.69) is 30.8 Å². The third-order valence-electron chi connectivity index (χ3n) is 2.60. The molecule has 1 heterocycles. The summed E-state index contributed by atoms with van der Waals surface area (Å²) in [6.45, 7) is 3.87. The zero-order chi connectivity index (χ0) is 14.0. The Morgan fingerprint density at radius 2 is 2.26 bits per heavy atom. The highest BCUT2D eigenvalue weighted by Gasteiger charge is 2.17. The van der Waals surface area contributed by atoms with Crippen LogP contribution in [0, 0.1) is 6.92 Å². The summed E-state index contributed by atoms with van der Waals surface area (Å²) < 4.78 is 4.56. The Labute approximate surface area is 123 Å². The number of carbonyl (C=O) groups is 1. The average Bonchev–Trinajstić information content (AvgIpc) is 2.81. The summed E-state index contributed by atoms with van der Waals surface area (Å²) >= 11 is 4.49. The van der Waals surface area contributed by atoms with E-state index >= 15 is 0 Å². The van der Waals surface area contributed by atoms with E-state index in [1.807, 2.05) is 26.0 Å². The zero-order valence-electron chi connectivity index (χ0n) is 10.5. The third kappa shape index (κ3) is 2.93. The minimum absolute atomic E-state index is 0.233. The van der Waals surface area contributed by atoms with Gasteiger partial charge < -0.3 is 11.1 Å². The number of halogens is 1. The van der Waals surface area contributed by atoms with Crippen LogP contribution in [-0.2, 0) is 6.42 Å². The fourth-order valence-electron chi connectivity index (χ4n) is 1.68. The number of nitrogen functional groups attached to an aromatic ring is 1. The molecule has 1 aromatic heterocycles. The summed E-state index contributed by atoms with van der Waals surface area (Å²) in [6.07, 6.45) is 0.670. The van der Waals surface area contributed by atoms with Crippen LogP contribution in [0.1, 0.15) is 27.9 Å². The first-order valence-electron chi connectivity index (χ1n) is 5.71. The Hall–Kier alpha value is -1.47. The van der Waals surface area contributed by atoms with Crippen molar-refractivity contribution in [2.75, 3.05) is 11.1 Å². The summed E-state index contributed by atoms with van der Waals surface area (Å²) in [6, 6.07) is 3.71. The molecule has 0 bridgehead atoms. The molecule has 0 unspecified atom stereocenters. The molecule has 0 saturated heterocycles. The SMILES string of the molecule is CCc1nnsc1C(=O)Nc1c(N)cc(C)cc1Br. The van der Waals surface area contributed by atoms with E-state index in [9.17, 15) is 4.79 Å². The number of aryl methyl sites for hydroxylation is 2. The van der Waals surface area contributed by atoms with Gasteiger partial charge in [0.05, 0.1) is 17.1 Å². The maximum atomic E-state index is 12.2. The number of nitrogens with one attached hydrogen (secondary N) is 1. The molecule has 5 nitrogen and oxygen atoms in total. The molecule has 19 heavy (non-hydrogen) atoms. The second kappa shape index (κ2) is 5.66. The molecule has 0 aliphatic heterocycles. The lowest BCUT2D eigenvalue weighted by Crippen LogP contribution is -2.14. The molecule has 0 aliphatic rings. The van der Waals surface area contributed by atoms with Gasteiger partial charge >= 0.3 is 0 Å². The number of benzene rings is 1. The molecule has 2 aromatic rings. The molecule has 0 fully saturated rings. The van der Waals surface area contributed by atoms with Crippen LogP contribution in [-0.4, -0.2) is 15.5 Å². The van der Waals surface area contributed by atoms with Crippen molar-refractivity contribution in [2.45, 2.75) is 20.3 Å². The minimum atomic E-state index is -0.233. The second-order valence-corrected chi connectivity index (χ2v) is 5.68. The van der Waals surface area contributed by atoms with E-state index in [1.165, 1.54) is 0 Å². The molecule has 3 N–H and O–H groups in total. The van der Waals surface area contributed by atoms with Crippen molar-refractivity contribution in [1.29, 1.82) is 0 Å². The van der Waals surface area contributed by atoms with E-state index in [1.54, 1.807) is 0 Å². The van der Waals surface area contributed by atoms with E-state index in [0.717, 1.165) is 21.6 Å². The molecule has 0 radical (unpaired) electrons. The lowest BCUT2D eigenvalue weighted by molar-refractivity contribution is 0.102. The predicted octanol–water partition coefficient (Wildman–Crippen LogP) is 3.01. The van der Waals surface area contributed by atoms with Crippen LogP contribution in [0.5, 0.6) is 0 Å². The van der Waals surface area contributed by atoms with Crippen LogP contribution < -0.4 is 11.1 Å². The van der Waals surface area contributed by atoms with Crippen LogP contribution in [0.3, 0.4) is 0 Å². The van der Waals surface area contributed by atoms with Gasteiger partial charge in [0.1, 0.15) is 4.88 Å². The number of hydrogen-bond donors (Lipinski definition) is 2. The van der Waals surface area contributed by atoms with Crippen LogP contribution in [0.2, 0.25) is 0 Å². The third-order valence-corrected chi connectivity index (χ3v) is 3.99. The van der Waals surface area contributed by atoms with Gasteiger partial charge in [-0.2, -0.15) is 0 Å². The number of anilines is 2. The van der Waals surface area contributed by atoms with Crippen molar-refractivity contribution < 1.29 is 4.79 Å². The number of nitrogens with two attached hydrogens (primary N) is 1. The van der Waals surface area contributed by atoms with Gasteiger partial charge in [0.2, 0.25) is 0 Å². The summed E-state index contributed by atoms with van der Waals surface area (Å²) in [4.78, 5) is 12.7. The summed E-state index contributed by atoms with van der Waals surface area (Å²) in [7, 11) is 0. The Morgan fingerprint density at radius 3 is 2.89 bits per heavy atom. The monoisotopic (exact) mass is 340 g/mol. The van der Waals surface area contributed by atoms with Gasteiger partial charge in [-0.3, -0.25) is 4.79 Å². The Bertz CT molecular complexity index is 603. The van der Waals surface area contributed by atoms with Gasteiger partial charge in [-0.1, -0.05) is 11.4 Å². The minimum Gasteiger partial charge on any atom is -0.397 e. The largest absolute Gasteiger partial charge is 0.397 e. The molecule has 1 amide bonds. The lowest BCUT2D eigenvalue weighted by atomic mass is 10.2. The van der Waals surface area contributed by atoms with Gasteiger partial charge in [-0.05, 0) is 58.5 Å². The van der Waals surface area contributed by atoms with Crippen molar-refractivity contribution in [3.05, 3.63) is 32.7 Å². The van der Waals surface area contributed by atoms with Crippen molar-refractivity contribution >= 4 is 44.7 Å². The highest BCUT2D eigenvalue weighted by atomic mass is 79.9. The summed E-state index contributed by atoms with van der Waals surface area (Å²) in [5, 5.41) is 6.72. The summed E-state index contributed by atoms with van der Waals surface area (Å²) in [5.74, 6) is -0.233. The molecule has 0 atom stereocenters. The van der Waals surface area contributed by atoms with E-state index < -0.39 is 0 Å². The average molecular weight is 341 g/mol. The molecule has 0 spiro atoms. The van der Waals surface area contributed by atoms with Crippen molar-refractivity contribution in [3.63, 3.8) is 0 Å². The predicted molar refractivity (Wildman–Crippen MR) is 80.5 cm³/mol. The fraction of sp³-hybridized carbons (Fsp3) is 0.250. The van der Waals surface area contributed by atoms with Crippen LogP contribution in [0.15, 0.2) is 16.6 Å². The number of nitrogens with zero attached hydrogens (tertiary/aromatic N) is 2. The zero-order valence-corrected chi connectivity index (χ0v) is 12.9. The maximum absolute atomic E-state index is 12.2. The Balaban J connectivity index is 2.29. The van der Waals surface area contributed by atoms with Crippen molar-refractivity contribution in [1.82, 2.24) is 9.59 Å². The smallest absolute Gasteiger partial charge is 0.269 e. The van der Waals surface area contributed by atoms with Crippen LogP contribution in [0.25, 0.3) is 0 Å². The molecule has 2 rings (SSSR count). The highest BCUT2D eigenvalue weighted by molar-refractivity contribution is 9.10.